The minimum absolute atomic E-state index is 0.0607. The summed E-state index contributed by atoms with van der Waals surface area (Å²) >= 11 is 0. The molecule has 3 aromatic rings. The van der Waals surface area contributed by atoms with E-state index in [0.717, 1.165) is 43.2 Å². The molecule has 5 heteroatoms. The Kier molecular flexibility index (Phi) is 9.24. The molecule has 1 fully saturated rings. The molecule has 0 unspecified atom stereocenters. The van der Waals surface area contributed by atoms with Gasteiger partial charge in [-0.3, -0.25) is 4.79 Å². The maximum absolute atomic E-state index is 12.7. The van der Waals surface area contributed by atoms with Crippen molar-refractivity contribution in [3.8, 4) is 11.5 Å². The van der Waals surface area contributed by atoms with Gasteiger partial charge in [0, 0.05) is 17.7 Å². The van der Waals surface area contributed by atoms with Crippen molar-refractivity contribution in [3.05, 3.63) is 101 Å². The number of hydrogen-bond donors (Lipinski definition) is 1. The average Bonchev–Trinajstić information content (AvgIpc) is 2.92. The molecule has 0 radical (unpaired) electrons. The van der Waals surface area contributed by atoms with Gasteiger partial charge in [0.25, 0.3) is 0 Å². The highest BCUT2D eigenvalue weighted by molar-refractivity contribution is 5.92. The van der Waals surface area contributed by atoms with E-state index in [1.54, 1.807) is 13.2 Å². The number of aryl methyl sites for hydroxylation is 1. The predicted molar refractivity (Wildman–Crippen MR) is 155 cm³/mol. The fraction of sp³-hybridized carbons (Fsp3) is 0.364. The summed E-state index contributed by atoms with van der Waals surface area (Å²) in [6, 6.07) is 24.7. The van der Waals surface area contributed by atoms with E-state index in [2.05, 4.69) is 55.5 Å². The summed E-state index contributed by atoms with van der Waals surface area (Å²) in [4.78, 5) is 15.1. The lowest BCUT2D eigenvalue weighted by Gasteiger charge is -2.45. The molecular formula is C33H40N2O3. The zero-order valence-electron chi connectivity index (χ0n) is 23.1. The molecule has 1 aliphatic carbocycles. The number of likely N-dealkylation sites (N-methyl/N-ethyl adjacent to an activating group) is 1. The van der Waals surface area contributed by atoms with Crippen LogP contribution in [0.1, 0.15) is 47.9 Å². The SMILES string of the molecule is COc1cc(C=CC(=O)NC2CCC(Cc3cccc(C)c3)(N(C)C)CC2)ccc1OCc1ccccc1. The van der Waals surface area contributed by atoms with Gasteiger partial charge >= 0.3 is 0 Å². The molecule has 0 spiro atoms. The molecule has 0 saturated heterocycles. The van der Waals surface area contributed by atoms with Gasteiger partial charge in [-0.15, -0.1) is 0 Å². The number of methoxy groups -OCH3 is 1. The molecule has 200 valence electrons. The van der Waals surface area contributed by atoms with E-state index in [4.69, 9.17) is 9.47 Å². The summed E-state index contributed by atoms with van der Waals surface area (Å²) in [6.07, 6.45) is 8.54. The molecule has 3 aromatic carbocycles. The van der Waals surface area contributed by atoms with Crippen LogP contribution in [0.5, 0.6) is 11.5 Å². The third-order valence-electron chi connectivity index (χ3n) is 7.68. The highest BCUT2D eigenvalue weighted by Crippen LogP contribution is 2.36. The molecule has 0 atom stereocenters. The molecule has 5 nitrogen and oxygen atoms in total. The second-order valence-corrected chi connectivity index (χ2v) is 10.6. The fourth-order valence-electron chi connectivity index (χ4n) is 5.35. The molecule has 4 rings (SSSR count). The molecule has 1 saturated carbocycles. The van der Waals surface area contributed by atoms with Crippen molar-refractivity contribution in [2.24, 2.45) is 0 Å². The minimum atomic E-state index is -0.0607. The molecule has 1 amide bonds. The molecule has 0 heterocycles. The van der Waals surface area contributed by atoms with Crippen molar-refractivity contribution in [1.82, 2.24) is 10.2 Å². The highest BCUT2D eigenvalue weighted by atomic mass is 16.5. The van der Waals surface area contributed by atoms with Crippen LogP contribution in [0.25, 0.3) is 6.08 Å². The Balaban J connectivity index is 1.30. The van der Waals surface area contributed by atoms with E-state index in [-0.39, 0.29) is 17.5 Å². The molecule has 0 aliphatic heterocycles. The fourth-order valence-corrected chi connectivity index (χ4v) is 5.35. The van der Waals surface area contributed by atoms with Gasteiger partial charge in [-0.1, -0.05) is 66.2 Å². The van der Waals surface area contributed by atoms with Crippen LogP contribution >= 0.6 is 0 Å². The Hall–Kier alpha value is -3.57. The van der Waals surface area contributed by atoms with Crippen molar-refractivity contribution in [2.45, 2.75) is 57.2 Å². The van der Waals surface area contributed by atoms with Gasteiger partial charge in [-0.05, 0) is 88.0 Å². The summed E-state index contributed by atoms with van der Waals surface area (Å²) < 4.78 is 11.5. The highest BCUT2D eigenvalue weighted by Gasteiger charge is 2.37. The van der Waals surface area contributed by atoms with Crippen molar-refractivity contribution >= 4 is 12.0 Å². The zero-order chi connectivity index (χ0) is 27.0. The summed E-state index contributed by atoms with van der Waals surface area (Å²) in [7, 11) is 5.99. The summed E-state index contributed by atoms with van der Waals surface area (Å²) in [6.45, 7) is 2.62. The number of nitrogens with one attached hydrogen (secondary N) is 1. The molecule has 0 aromatic heterocycles. The Bertz CT molecular complexity index is 1230. The number of hydrogen-bond acceptors (Lipinski definition) is 4. The Morgan fingerprint density at radius 2 is 1.71 bits per heavy atom. The van der Waals surface area contributed by atoms with Gasteiger partial charge in [-0.25, -0.2) is 0 Å². The molecule has 0 bridgehead atoms. The molecule has 38 heavy (non-hydrogen) atoms. The first-order chi connectivity index (χ1) is 18.4. The number of ether oxygens (including phenoxy) is 2. The van der Waals surface area contributed by atoms with E-state index in [9.17, 15) is 4.79 Å². The van der Waals surface area contributed by atoms with Crippen LogP contribution in [0.4, 0.5) is 0 Å². The Morgan fingerprint density at radius 1 is 0.974 bits per heavy atom. The minimum Gasteiger partial charge on any atom is -0.493 e. The van der Waals surface area contributed by atoms with Crippen LogP contribution in [-0.4, -0.2) is 43.6 Å². The molecule has 1 N–H and O–H groups in total. The third-order valence-corrected chi connectivity index (χ3v) is 7.68. The second-order valence-electron chi connectivity index (χ2n) is 10.6. The van der Waals surface area contributed by atoms with Crippen LogP contribution < -0.4 is 14.8 Å². The quantitative estimate of drug-likeness (QED) is 0.329. The van der Waals surface area contributed by atoms with E-state index in [1.165, 1.54) is 11.1 Å². The summed E-state index contributed by atoms with van der Waals surface area (Å²) in [5.74, 6) is 1.26. The molecular weight excluding hydrogens is 472 g/mol. The standard InChI is InChI=1S/C33H40N2O3/c1-25-9-8-12-28(21-25)23-33(35(2)3)19-17-29(18-20-33)34-32(36)16-14-26-13-15-30(31(22-26)37-4)38-24-27-10-6-5-7-11-27/h5-16,21-22,29H,17-20,23-24H2,1-4H3,(H,34,36). The van der Waals surface area contributed by atoms with Crippen molar-refractivity contribution < 1.29 is 14.3 Å². The number of benzene rings is 3. The topological polar surface area (TPSA) is 50.8 Å². The van der Waals surface area contributed by atoms with Gasteiger partial charge in [0.1, 0.15) is 6.61 Å². The zero-order valence-corrected chi connectivity index (χ0v) is 23.1. The van der Waals surface area contributed by atoms with Crippen LogP contribution in [0.15, 0.2) is 78.9 Å². The largest absolute Gasteiger partial charge is 0.493 e. The maximum atomic E-state index is 12.7. The predicted octanol–water partition coefficient (Wildman–Crippen LogP) is 6.20. The van der Waals surface area contributed by atoms with Crippen molar-refractivity contribution in [2.75, 3.05) is 21.2 Å². The summed E-state index contributed by atoms with van der Waals surface area (Å²) in [5.41, 5.74) is 4.80. The van der Waals surface area contributed by atoms with Crippen LogP contribution in [0.2, 0.25) is 0 Å². The normalized spacial score (nSPS) is 19.4. The van der Waals surface area contributed by atoms with E-state index >= 15 is 0 Å². The number of nitrogens with zero attached hydrogens (tertiary/aromatic N) is 1. The second kappa shape index (κ2) is 12.8. The van der Waals surface area contributed by atoms with Gasteiger partial charge in [0.15, 0.2) is 11.5 Å². The Labute approximate surface area is 227 Å². The van der Waals surface area contributed by atoms with Crippen LogP contribution in [0.3, 0.4) is 0 Å². The van der Waals surface area contributed by atoms with Crippen LogP contribution in [-0.2, 0) is 17.8 Å². The van der Waals surface area contributed by atoms with Crippen molar-refractivity contribution in [3.63, 3.8) is 0 Å². The van der Waals surface area contributed by atoms with Crippen molar-refractivity contribution in [1.29, 1.82) is 0 Å². The third kappa shape index (κ3) is 7.26. The smallest absolute Gasteiger partial charge is 0.244 e. The lowest BCUT2D eigenvalue weighted by molar-refractivity contribution is -0.117. The first-order valence-corrected chi connectivity index (χ1v) is 13.4. The maximum Gasteiger partial charge on any atom is 0.244 e. The number of rotatable bonds is 10. The van der Waals surface area contributed by atoms with E-state index in [0.29, 0.717) is 18.1 Å². The first kappa shape index (κ1) is 27.5. The lowest BCUT2D eigenvalue weighted by atomic mass is 9.74. The monoisotopic (exact) mass is 512 g/mol. The number of carbonyl (C=O) groups is 1. The Morgan fingerprint density at radius 3 is 2.39 bits per heavy atom. The van der Waals surface area contributed by atoms with Gasteiger partial charge in [0.2, 0.25) is 5.91 Å². The average molecular weight is 513 g/mol. The first-order valence-electron chi connectivity index (χ1n) is 13.4. The molecule has 1 aliphatic rings. The van der Waals surface area contributed by atoms with E-state index in [1.807, 2.05) is 54.6 Å². The lowest BCUT2D eigenvalue weighted by Crippen LogP contribution is -2.52. The van der Waals surface area contributed by atoms with Crippen LogP contribution in [0, 0.1) is 6.92 Å². The number of amides is 1. The van der Waals surface area contributed by atoms with E-state index < -0.39 is 0 Å². The van der Waals surface area contributed by atoms with Gasteiger partial charge < -0.3 is 19.7 Å². The van der Waals surface area contributed by atoms with Gasteiger partial charge in [0.05, 0.1) is 7.11 Å². The van der Waals surface area contributed by atoms with Gasteiger partial charge in [-0.2, -0.15) is 0 Å². The summed E-state index contributed by atoms with van der Waals surface area (Å²) in [5, 5.41) is 3.22. The number of carbonyl (C=O) groups excluding carboxylic acids is 1.